The summed E-state index contributed by atoms with van der Waals surface area (Å²) in [5.41, 5.74) is 4.34. The van der Waals surface area contributed by atoms with Crippen LogP contribution in [0.1, 0.15) is 50.3 Å². The number of benzene rings is 3. The Kier molecular flexibility index (Phi) is 11.2. The number of aliphatic hydroxyl groups excluding tert-OH is 2. The first-order valence-electron chi connectivity index (χ1n) is 13.5. The maximum Gasteiger partial charge on any atom is 0.242 e. The third kappa shape index (κ3) is 9.94. The van der Waals surface area contributed by atoms with Gasteiger partial charge in [-0.25, -0.2) is 0 Å². The van der Waals surface area contributed by atoms with Gasteiger partial charge in [0.25, 0.3) is 0 Å². The molecule has 3 aromatic carbocycles. The molecule has 0 aliphatic carbocycles. The number of aryl methyl sites for hydroxylation is 1. The topological polar surface area (TPSA) is 111 Å². The summed E-state index contributed by atoms with van der Waals surface area (Å²) in [6.07, 6.45) is 0.781. The van der Waals surface area contributed by atoms with E-state index >= 15 is 0 Å². The van der Waals surface area contributed by atoms with E-state index in [1.165, 1.54) is 0 Å². The third-order valence-corrected chi connectivity index (χ3v) is 6.61. The van der Waals surface area contributed by atoms with E-state index in [1.807, 2.05) is 92.7 Å². The number of β-amino-alcohol motifs (C(OH)–C–C–N with tert-alkyl or cyclic N) is 1. The zero-order chi connectivity index (χ0) is 28.3. The van der Waals surface area contributed by atoms with Crippen molar-refractivity contribution in [3.63, 3.8) is 0 Å². The van der Waals surface area contributed by atoms with Crippen molar-refractivity contribution < 1.29 is 19.8 Å². The lowest BCUT2D eigenvalue weighted by Crippen LogP contribution is -2.51. The molecule has 2 amide bonds. The first-order valence-corrected chi connectivity index (χ1v) is 13.5. The minimum absolute atomic E-state index is 0.0299. The van der Waals surface area contributed by atoms with Gasteiger partial charge in [0.05, 0.1) is 12.7 Å². The summed E-state index contributed by atoms with van der Waals surface area (Å²) in [7, 11) is 0. The molecule has 3 aromatic rings. The predicted octanol–water partition coefficient (Wildman–Crippen LogP) is 3.72. The summed E-state index contributed by atoms with van der Waals surface area (Å²) in [6.45, 7) is 6.17. The van der Waals surface area contributed by atoms with Crippen LogP contribution < -0.4 is 16.0 Å². The highest BCUT2D eigenvalue weighted by Crippen LogP contribution is 2.24. The highest BCUT2D eigenvalue weighted by atomic mass is 16.3. The number of carbonyl (C=O) groups is 2. The van der Waals surface area contributed by atoms with E-state index in [-0.39, 0.29) is 24.8 Å². The number of hydrogen-bond acceptors (Lipinski definition) is 5. The number of hydrogen-bond donors (Lipinski definition) is 5. The molecule has 3 rings (SSSR count). The quantitative estimate of drug-likeness (QED) is 0.218. The van der Waals surface area contributed by atoms with Crippen LogP contribution in [-0.4, -0.2) is 46.3 Å². The molecule has 0 saturated carbocycles. The summed E-state index contributed by atoms with van der Waals surface area (Å²) in [5.74, 6) is -0.457. The Labute approximate surface area is 231 Å². The van der Waals surface area contributed by atoms with Crippen molar-refractivity contribution in [3.05, 3.63) is 95.6 Å². The zero-order valence-corrected chi connectivity index (χ0v) is 23.1. The van der Waals surface area contributed by atoms with E-state index < -0.39 is 17.7 Å². The Hall–Kier alpha value is -3.52. The van der Waals surface area contributed by atoms with E-state index in [0.29, 0.717) is 25.9 Å². The molecule has 0 bridgehead atoms. The lowest BCUT2D eigenvalue weighted by molar-refractivity contribution is -0.129. The molecule has 2 unspecified atom stereocenters. The van der Waals surface area contributed by atoms with Gasteiger partial charge >= 0.3 is 0 Å². The van der Waals surface area contributed by atoms with Gasteiger partial charge in [0, 0.05) is 25.0 Å². The summed E-state index contributed by atoms with van der Waals surface area (Å²) < 4.78 is 0. The van der Waals surface area contributed by atoms with Gasteiger partial charge < -0.3 is 26.2 Å². The molecule has 0 fully saturated rings. The molecule has 0 radical (unpaired) electrons. The van der Waals surface area contributed by atoms with Crippen LogP contribution in [0.3, 0.4) is 0 Å². The zero-order valence-electron chi connectivity index (χ0n) is 23.1. The van der Waals surface area contributed by atoms with Crippen molar-refractivity contribution in [3.8, 4) is 11.1 Å². The Morgan fingerprint density at radius 1 is 0.897 bits per heavy atom. The smallest absolute Gasteiger partial charge is 0.242 e. The molecule has 0 heterocycles. The second-order valence-corrected chi connectivity index (χ2v) is 10.7. The standard InChI is InChI=1S/C32H41N3O4/c1-23(37)20-34-32(2,3)19-30(38)35-29(18-15-24-9-5-4-6-10-24)31(39)33-21-25-13-16-26(17-14-25)28-12-8-7-11-27(28)22-36/h4-14,16-17,23,29,34,36-37H,15,18-22H2,1-3H3,(H,33,39)(H,35,38). The maximum absolute atomic E-state index is 13.2. The second kappa shape index (κ2) is 14.6. The van der Waals surface area contributed by atoms with Gasteiger partial charge in [-0.15, -0.1) is 0 Å². The molecule has 0 aromatic heterocycles. The molecular formula is C32H41N3O4. The largest absolute Gasteiger partial charge is 0.392 e. The summed E-state index contributed by atoms with van der Waals surface area (Å²) in [4.78, 5) is 26.1. The molecule has 2 atom stereocenters. The number of amides is 2. The molecule has 0 aliphatic heterocycles. The third-order valence-electron chi connectivity index (χ3n) is 6.61. The Morgan fingerprint density at radius 2 is 1.56 bits per heavy atom. The van der Waals surface area contributed by atoms with Crippen LogP contribution in [0.5, 0.6) is 0 Å². The van der Waals surface area contributed by atoms with E-state index in [4.69, 9.17) is 0 Å². The lowest BCUT2D eigenvalue weighted by atomic mass is 9.98. The number of aliphatic hydroxyl groups is 2. The highest BCUT2D eigenvalue weighted by molar-refractivity contribution is 5.88. The number of carbonyl (C=O) groups excluding carboxylic acids is 2. The SMILES string of the molecule is CC(O)CNC(C)(C)CC(=O)NC(CCc1ccccc1)C(=O)NCc1ccc(-c2ccccc2CO)cc1. The first kappa shape index (κ1) is 30.0. The van der Waals surface area contributed by atoms with Crippen molar-refractivity contribution in [2.75, 3.05) is 6.54 Å². The van der Waals surface area contributed by atoms with Crippen molar-refractivity contribution in [2.24, 2.45) is 0 Å². The molecule has 0 saturated heterocycles. The lowest BCUT2D eigenvalue weighted by Gasteiger charge is -2.28. The summed E-state index contributed by atoms with van der Waals surface area (Å²) >= 11 is 0. The second-order valence-electron chi connectivity index (χ2n) is 10.7. The number of nitrogens with one attached hydrogen (secondary N) is 3. The fourth-order valence-corrected chi connectivity index (χ4v) is 4.41. The van der Waals surface area contributed by atoms with Gasteiger partial charge in [-0.1, -0.05) is 78.9 Å². The summed E-state index contributed by atoms with van der Waals surface area (Å²) in [5, 5.41) is 28.3. The van der Waals surface area contributed by atoms with Crippen LogP contribution >= 0.6 is 0 Å². The molecule has 5 N–H and O–H groups in total. The van der Waals surface area contributed by atoms with Crippen LogP contribution in [0.4, 0.5) is 0 Å². The summed E-state index contributed by atoms with van der Waals surface area (Å²) in [6, 6.07) is 24.8. The van der Waals surface area contributed by atoms with Gasteiger partial charge in [-0.3, -0.25) is 9.59 Å². The van der Waals surface area contributed by atoms with Crippen molar-refractivity contribution in [1.29, 1.82) is 0 Å². The minimum Gasteiger partial charge on any atom is -0.392 e. The van der Waals surface area contributed by atoms with Crippen LogP contribution in [0.15, 0.2) is 78.9 Å². The van der Waals surface area contributed by atoms with Crippen LogP contribution in [0.2, 0.25) is 0 Å². The number of rotatable bonds is 14. The van der Waals surface area contributed by atoms with Gasteiger partial charge in [0.1, 0.15) is 6.04 Å². The van der Waals surface area contributed by atoms with Gasteiger partial charge in [0.15, 0.2) is 0 Å². The first-order chi connectivity index (χ1) is 18.7. The molecule has 0 aliphatic rings. The normalized spacial score (nSPS) is 12.9. The van der Waals surface area contributed by atoms with Gasteiger partial charge in [-0.05, 0) is 61.4 Å². The van der Waals surface area contributed by atoms with E-state index in [1.54, 1.807) is 6.92 Å². The Balaban J connectivity index is 1.63. The maximum atomic E-state index is 13.2. The molecule has 208 valence electrons. The van der Waals surface area contributed by atoms with Crippen molar-refractivity contribution >= 4 is 11.8 Å². The Bertz CT molecular complexity index is 1190. The van der Waals surface area contributed by atoms with E-state index in [9.17, 15) is 19.8 Å². The fourth-order valence-electron chi connectivity index (χ4n) is 4.41. The van der Waals surface area contributed by atoms with E-state index in [0.717, 1.165) is 27.8 Å². The van der Waals surface area contributed by atoms with Crippen LogP contribution in [-0.2, 0) is 29.2 Å². The highest BCUT2D eigenvalue weighted by Gasteiger charge is 2.26. The van der Waals surface area contributed by atoms with Crippen LogP contribution in [0.25, 0.3) is 11.1 Å². The average molecular weight is 532 g/mol. The van der Waals surface area contributed by atoms with Crippen molar-refractivity contribution in [1.82, 2.24) is 16.0 Å². The van der Waals surface area contributed by atoms with Gasteiger partial charge in [-0.2, -0.15) is 0 Å². The van der Waals surface area contributed by atoms with Crippen molar-refractivity contribution in [2.45, 2.75) is 70.9 Å². The fraction of sp³-hybridized carbons (Fsp3) is 0.375. The molecule has 7 nitrogen and oxygen atoms in total. The van der Waals surface area contributed by atoms with Gasteiger partial charge in [0.2, 0.25) is 11.8 Å². The molecular weight excluding hydrogens is 490 g/mol. The average Bonchev–Trinajstić information content (AvgIpc) is 2.93. The molecule has 7 heteroatoms. The minimum atomic E-state index is -0.680. The molecule has 0 spiro atoms. The monoisotopic (exact) mass is 531 g/mol. The van der Waals surface area contributed by atoms with E-state index in [2.05, 4.69) is 16.0 Å². The Morgan fingerprint density at radius 3 is 2.23 bits per heavy atom. The van der Waals surface area contributed by atoms with Crippen LogP contribution in [0, 0.1) is 0 Å². The molecule has 39 heavy (non-hydrogen) atoms. The predicted molar refractivity (Wildman–Crippen MR) is 155 cm³/mol.